The van der Waals surface area contributed by atoms with Gasteiger partial charge in [0.05, 0.1) is 14.1 Å². The van der Waals surface area contributed by atoms with Crippen molar-refractivity contribution in [2.24, 2.45) is 24.3 Å². The van der Waals surface area contributed by atoms with Gasteiger partial charge in [-0.25, -0.2) is 27.8 Å². The van der Waals surface area contributed by atoms with E-state index in [-0.39, 0.29) is 0 Å². The second-order valence-corrected chi connectivity index (χ2v) is 6.65. The fourth-order valence-electron chi connectivity index (χ4n) is 2.53. The van der Waals surface area contributed by atoms with E-state index in [1.165, 1.54) is 0 Å². The summed E-state index contributed by atoms with van der Waals surface area (Å²) in [7, 11) is 3.11. The number of fused-ring (bicyclic) bond motifs is 1. The molecule has 3 rings (SSSR count). The molecule has 0 amide bonds. The van der Waals surface area contributed by atoms with E-state index in [0.717, 1.165) is 28.4 Å². The second-order valence-electron chi connectivity index (χ2n) is 5.90. The van der Waals surface area contributed by atoms with Crippen LogP contribution in [0, 0.1) is 10.2 Å². The number of hydrogen-bond donors (Lipinski definition) is 0. The molecule has 0 aliphatic carbocycles. The van der Waals surface area contributed by atoms with Gasteiger partial charge in [0.25, 0.3) is 0 Å². The largest absolute Gasteiger partial charge is 0.422 e. The first-order valence-electron chi connectivity index (χ1n) is 7.82. The highest BCUT2D eigenvalue weighted by molar-refractivity contribution is 5.73. The van der Waals surface area contributed by atoms with E-state index >= 15 is 0 Å². The molecular weight excluding hydrogens is 374 g/mol. The van der Waals surface area contributed by atoms with E-state index in [1.807, 2.05) is 73.7 Å². The predicted molar refractivity (Wildman–Crippen MR) is 89.0 cm³/mol. The SMILES string of the molecule is CN(C)c1ccc(N=Nc2n(C)c3ccccc3[n+]2C)cc1.[O-][Cl+3]([O-])([O-])[O-]. The highest BCUT2D eigenvalue weighted by Gasteiger charge is 2.18. The Hall–Kier alpha value is -2.56. The minimum Gasteiger partial charge on any atom is -0.378 e. The van der Waals surface area contributed by atoms with Gasteiger partial charge in [-0.15, -0.1) is 10.2 Å². The number of hydrogen-bond acceptors (Lipinski definition) is 7. The van der Waals surface area contributed by atoms with Gasteiger partial charge < -0.3 is 4.90 Å². The summed E-state index contributed by atoms with van der Waals surface area (Å²) in [6.45, 7) is 0. The Morgan fingerprint density at radius 1 is 0.926 bits per heavy atom. The summed E-state index contributed by atoms with van der Waals surface area (Å²) in [6.07, 6.45) is 0. The minimum atomic E-state index is -4.94. The average molecular weight is 394 g/mol. The van der Waals surface area contributed by atoms with Crippen LogP contribution in [-0.2, 0) is 14.1 Å². The smallest absolute Gasteiger partial charge is 0.378 e. The molecule has 0 fully saturated rings. The number of imidazole rings is 1. The van der Waals surface area contributed by atoms with Crippen LogP contribution in [-0.4, -0.2) is 18.7 Å². The number of azo groups is 1. The third-order valence-electron chi connectivity index (χ3n) is 3.83. The van der Waals surface area contributed by atoms with Gasteiger partial charge in [0.2, 0.25) is 0 Å². The number of halogens is 1. The molecule has 3 aromatic rings. The predicted octanol–water partition coefficient (Wildman–Crippen LogP) is -1.27. The lowest BCUT2D eigenvalue weighted by atomic mass is 10.3. The number of rotatable bonds is 3. The monoisotopic (exact) mass is 393 g/mol. The summed E-state index contributed by atoms with van der Waals surface area (Å²) in [4.78, 5) is 2.06. The zero-order valence-electron chi connectivity index (χ0n) is 15.4. The quantitative estimate of drug-likeness (QED) is 0.404. The molecule has 1 aromatic heterocycles. The molecule has 0 atom stereocenters. The number of aromatic nitrogens is 2. The van der Waals surface area contributed by atoms with Crippen LogP contribution in [0.2, 0.25) is 0 Å². The van der Waals surface area contributed by atoms with Crippen molar-refractivity contribution < 1.29 is 33.4 Å². The summed E-state index contributed by atoms with van der Waals surface area (Å²) < 4.78 is 38.1. The van der Waals surface area contributed by atoms with Crippen LogP contribution in [0.3, 0.4) is 0 Å². The summed E-state index contributed by atoms with van der Waals surface area (Å²) in [5.41, 5.74) is 4.27. The van der Waals surface area contributed by atoms with Crippen LogP contribution in [0.5, 0.6) is 0 Å². The molecule has 0 aliphatic heterocycles. The molecule has 0 aliphatic rings. The molecule has 1 heterocycles. The molecule has 0 unspecified atom stereocenters. The standard InChI is InChI=1S/C17H20N5.ClHO4/c1-20(2)14-11-9-13(10-12-14)18-19-17-21(3)15-7-5-6-8-16(15)22(17)4;2-1(3,4)5/h5-12H,1-4H3;(H,2,3,4,5)/q+1;/p-1. The van der Waals surface area contributed by atoms with Crippen LogP contribution in [0.15, 0.2) is 58.8 Å². The molecule has 10 heteroatoms. The van der Waals surface area contributed by atoms with E-state index in [9.17, 15) is 0 Å². The van der Waals surface area contributed by atoms with Gasteiger partial charge in [0.15, 0.2) is 0 Å². The maximum Gasteiger partial charge on any atom is 0.422 e. The number of nitrogens with zero attached hydrogens (tertiary/aromatic N) is 5. The second kappa shape index (κ2) is 8.42. The molecule has 0 radical (unpaired) electrons. The molecule has 27 heavy (non-hydrogen) atoms. The fraction of sp³-hybridized carbons (Fsp3) is 0.235. The third kappa shape index (κ3) is 5.71. The van der Waals surface area contributed by atoms with Gasteiger partial charge in [-0.1, -0.05) is 17.2 Å². The van der Waals surface area contributed by atoms with Gasteiger partial charge in [-0.3, -0.25) is 0 Å². The Morgan fingerprint density at radius 3 is 2.00 bits per heavy atom. The van der Waals surface area contributed by atoms with E-state index < -0.39 is 10.2 Å². The fourth-order valence-corrected chi connectivity index (χ4v) is 2.53. The Morgan fingerprint density at radius 2 is 1.48 bits per heavy atom. The highest BCUT2D eigenvalue weighted by atomic mass is 35.7. The van der Waals surface area contributed by atoms with Crippen molar-refractivity contribution in [3.05, 3.63) is 48.5 Å². The maximum atomic E-state index is 8.49. The number of para-hydroxylation sites is 2. The first kappa shape index (κ1) is 20.7. The van der Waals surface area contributed by atoms with Crippen LogP contribution < -0.4 is 28.1 Å². The van der Waals surface area contributed by atoms with Gasteiger partial charge in [-0.2, -0.15) is 0 Å². The molecule has 9 nitrogen and oxygen atoms in total. The van der Waals surface area contributed by atoms with Crippen molar-refractivity contribution >= 4 is 28.4 Å². The molecule has 2 aromatic carbocycles. The summed E-state index contributed by atoms with van der Waals surface area (Å²) in [6, 6.07) is 16.3. The molecule has 0 N–H and O–H groups in total. The van der Waals surface area contributed by atoms with E-state index in [2.05, 4.69) is 27.3 Å². The maximum absolute atomic E-state index is 8.49. The first-order chi connectivity index (χ1) is 12.6. The zero-order valence-corrected chi connectivity index (χ0v) is 16.1. The molecule has 0 saturated carbocycles. The topological polar surface area (TPSA) is 129 Å². The van der Waals surface area contributed by atoms with Crippen molar-refractivity contribution in [2.45, 2.75) is 0 Å². The summed E-state index contributed by atoms with van der Waals surface area (Å²) >= 11 is 0. The molecule has 144 valence electrons. The summed E-state index contributed by atoms with van der Waals surface area (Å²) in [5, 5.41) is 8.78. The normalized spacial score (nSPS) is 11.6. The lowest BCUT2D eigenvalue weighted by Gasteiger charge is -2.17. The van der Waals surface area contributed by atoms with Crippen molar-refractivity contribution in [2.75, 3.05) is 19.0 Å². The van der Waals surface area contributed by atoms with E-state index in [1.54, 1.807) is 0 Å². The Kier molecular flexibility index (Phi) is 6.47. The lowest BCUT2D eigenvalue weighted by molar-refractivity contribution is -2.00. The van der Waals surface area contributed by atoms with Crippen molar-refractivity contribution in [3.8, 4) is 0 Å². The summed E-state index contributed by atoms with van der Waals surface area (Å²) in [5.74, 6) is 0.817. The molecular formula is C17H20ClN5O4. The van der Waals surface area contributed by atoms with Crippen molar-refractivity contribution in [1.29, 1.82) is 0 Å². The zero-order chi connectivity index (χ0) is 20.2. The van der Waals surface area contributed by atoms with Gasteiger partial charge >= 0.3 is 5.95 Å². The van der Waals surface area contributed by atoms with Crippen LogP contribution in [0.4, 0.5) is 17.3 Å². The van der Waals surface area contributed by atoms with E-state index in [0.29, 0.717) is 0 Å². The van der Waals surface area contributed by atoms with Gasteiger partial charge in [0, 0.05) is 24.9 Å². The Balaban J connectivity index is 0.000000465. The number of anilines is 1. The minimum absolute atomic E-state index is 0.817. The van der Waals surface area contributed by atoms with Gasteiger partial charge in [-0.05, 0) is 36.4 Å². The van der Waals surface area contributed by atoms with Crippen molar-refractivity contribution in [1.82, 2.24) is 4.57 Å². The van der Waals surface area contributed by atoms with Gasteiger partial charge in [0.1, 0.15) is 16.7 Å². The molecule has 0 saturated heterocycles. The number of aryl methyl sites for hydroxylation is 2. The average Bonchev–Trinajstić information content (AvgIpc) is 2.83. The molecule has 0 spiro atoms. The van der Waals surface area contributed by atoms with Crippen molar-refractivity contribution in [3.63, 3.8) is 0 Å². The first-order valence-corrected chi connectivity index (χ1v) is 9.05. The lowest BCUT2D eigenvalue weighted by Crippen LogP contribution is -2.68. The van der Waals surface area contributed by atoms with Crippen LogP contribution >= 0.6 is 0 Å². The van der Waals surface area contributed by atoms with Crippen LogP contribution in [0.25, 0.3) is 11.0 Å². The Labute approximate surface area is 158 Å². The van der Waals surface area contributed by atoms with Crippen LogP contribution in [0.1, 0.15) is 0 Å². The third-order valence-corrected chi connectivity index (χ3v) is 3.83. The number of benzene rings is 2. The molecule has 0 bridgehead atoms. The van der Waals surface area contributed by atoms with E-state index in [4.69, 9.17) is 18.6 Å². The Bertz CT molecular complexity index is 888. The highest BCUT2D eigenvalue weighted by Crippen LogP contribution is 2.22.